The Hall–Kier alpha value is -1.10. The zero-order chi connectivity index (χ0) is 14.5. The summed E-state index contributed by atoms with van der Waals surface area (Å²) in [5.74, 6) is 1.23. The molecule has 1 aliphatic rings. The van der Waals surface area contributed by atoms with Crippen molar-refractivity contribution in [1.29, 1.82) is 0 Å². The van der Waals surface area contributed by atoms with E-state index in [-0.39, 0.29) is 18.3 Å². The number of methoxy groups -OCH3 is 2. The molecule has 1 fully saturated rings. The van der Waals surface area contributed by atoms with E-state index in [2.05, 4.69) is 13.8 Å². The lowest BCUT2D eigenvalue weighted by Gasteiger charge is -2.28. The molecule has 0 spiro atoms. The molecule has 1 aromatic rings. The van der Waals surface area contributed by atoms with Crippen LogP contribution in [0.5, 0.6) is 5.75 Å². The highest BCUT2D eigenvalue weighted by atomic mass is 16.8. The van der Waals surface area contributed by atoms with Gasteiger partial charge in [0.25, 0.3) is 0 Å². The molecule has 1 aliphatic heterocycles. The molecule has 0 bridgehead atoms. The minimum Gasteiger partial charge on any atom is -0.497 e. The molecule has 0 aliphatic carbocycles. The number of benzene rings is 1. The van der Waals surface area contributed by atoms with Crippen molar-refractivity contribution < 1.29 is 18.9 Å². The Bertz CT molecular complexity index is 397. The van der Waals surface area contributed by atoms with Crippen molar-refractivity contribution in [3.63, 3.8) is 0 Å². The first-order valence-corrected chi connectivity index (χ1v) is 7.04. The summed E-state index contributed by atoms with van der Waals surface area (Å²) in [6.45, 7) is 5.63. The minimum absolute atomic E-state index is 0.00764. The molecule has 0 amide bonds. The van der Waals surface area contributed by atoms with Gasteiger partial charge < -0.3 is 18.9 Å². The molecule has 2 rings (SSSR count). The maximum Gasteiger partial charge on any atom is 0.118 e. The Labute approximate surface area is 121 Å². The number of rotatable bonds is 8. The van der Waals surface area contributed by atoms with Gasteiger partial charge in [0.05, 0.1) is 26.4 Å². The fourth-order valence-corrected chi connectivity index (χ4v) is 2.32. The van der Waals surface area contributed by atoms with Crippen LogP contribution in [-0.4, -0.2) is 39.1 Å². The van der Waals surface area contributed by atoms with Gasteiger partial charge in [0.2, 0.25) is 0 Å². The summed E-state index contributed by atoms with van der Waals surface area (Å²) in [6, 6.07) is 7.93. The second-order valence-electron chi connectivity index (χ2n) is 5.44. The molecular formula is C16H24O4. The first-order valence-electron chi connectivity index (χ1n) is 7.04. The van der Waals surface area contributed by atoms with Crippen LogP contribution >= 0.6 is 0 Å². The Morgan fingerprint density at radius 1 is 1.20 bits per heavy atom. The molecule has 0 aromatic heterocycles. The lowest BCUT2D eigenvalue weighted by molar-refractivity contribution is -0.0933. The molecule has 1 saturated heterocycles. The molecule has 0 radical (unpaired) electrons. The fraction of sp³-hybridized carbons (Fsp3) is 0.625. The molecular weight excluding hydrogens is 258 g/mol. The lowest BCUT2D eigenvalue weighted by Crippen LogP contribution is -2.39. The van der Waals surface area contributed by atoms with Gasteiger partial charge in [-0.05, 0) is 23.6 Å². The largest absolute Gasteiger partial charge is 0.497 e. The van der Waals surface area contributed by atoms with Crippen LogP contribution in [0.4, 0.5) is 0 Å². The second kappa shape index (κ2) is 7.07. The van der Waals surface area contributed by atoms with Crippen LogP contribution in [0.3, 0.4) is 0 Å². The van der Waals surface area contributed by atoms with Crippen molar-refractivity contribution >= 4 is 0 Å². The molecule has 1 heterocycles. The molecule has 1 aromatic carbocycles. The SMILES string of the molecule is COc1ccc(CO[C@H](C(C)C)[C@@H](OC)[13C@@H]2[13CH2]O2)cc1. The molecule has 4 heteroatoms. The van der Waals surface area contributed by atoms with E-state index in [1.54, 1.807) is 14.2 Å². The van der Waals surface area contributed by atoms with Gasteiger partial charge in [0.15, 0.2) is 0 Å². The number of epoxide rings is 1. The summed E-state index contributed by atoms with van der Waals surface area (Å²) < 4.78 is 22.1. The zero-order valence-electron chi connectivity index (χ0n) is 12.7. The fourth-order valence-electron chi connectivity index (χ4n) is 2.32. The van der Waals surface area contributed by atoms with Crippen LogP contribution in [0.15, 0.2) is 24.3 Å². The minimum atomic E-state index is 0.00764. The quantitative estimate of drug-likeness (QED) is 0.543. The standard InChI is InChI=1S/C16H24O4/c1-11(2)15(16(18-4)14-10-19-14)20-9-12-5-7-13(17-3)8-6-12/h5-8,11,14-16H,9-10H2,1-4H3/t14-,15+,16-/m0/s1/i10+1,14+1. The highest BCUT2D eigenvalue weighted by Gasteiger charge is 2.40. The summed E-state index contributed by atoms with van der Waals surface area (Å²) in [7, 11) is 3.39. The third-order valence-electron chi connectivity index (χ3n) is 3.58. The Morgan fingerprint density at radius 2 is 1.85 bits per heavy atom. The highest BCUT2D eigenvalue weighted by Crippen LogP contribution is 2.26. The van der Waals surface area contributed by atoms with Gasteiger partial charge in [-0.3, -0.25) is 0 Å². The summed E-state index contributed by atoms with van der Waals surface area (Å²) in [5.41, 5.74) is 1.13. The average molecular weight is 282 g/mol. The molecule has 0 unspecified atom stereocenters. The van der Waals surface area contributed by atoms with Gasteiger partial charge in [0, 0.05) is 7.11 Å². The number of hydrogen-bond donors (Lipinski definition) is 0. The van der Waals surface area contributed by atoms with Crippen LogP contribution in [0.2, 0.25) is 0 Å². The van der Waals surface area contributed by atoms with E-state index < -0.39 is 0 Å². The van der Waals surface area contributed by atoms with E-state index in [0.717, 1.165) is 17.9 Å². The van der Waals surface area contributed by atoms with E-state index in [0.29, 0.717) is 12.5 Å². The Kier molecular flexibility index (Phi) is 5.40. The molecule has 0 saturated carbocycles. The maximum absolute atomic E-state index is 6.07. The first-order chi connectivity index (χ1) is 9.65. The predicted octanol–water partition coefficient (Wildman–Crippen LogP) is 2.65. The van der Waals surface area contributed by atoms with Crippen LogP contribution in [0.1, 0.15) is 19.4 Å². The maximum atomic E-state index is 6.07. The zero-order valence-corrected chi connectivity index (χ0v) is 12.7. The van der Waals surface area contributed by atoms with E-state index in [4.69, 9.17) is 18.9 Å². The number of hydrogen-bond acceptors (Lipinski definition) is 4. The van der Waals surface area contributed by atoms with Gasteiger partial charge in [-0.1, -0.05) is 26.0 Å². The molecule has 112 valence electrons. The third kappa shape index (κ3) is 3.95. The van der Waals surface area contributed by atoms with E-state index in [1.165, 1.54) is 0 Å². The van der Waals surface area contributed by atoms with Crippen LogP contribution in [0, 0.1) is 5.92 Å². The van der Waals surface area contributed by atoms with Crippen molar-refractivity contribution in [2.45, 2.75) is 38.8 Å². The first kappa shape index (κ1) is 15.3. The monoisotopic (exact) mass is 282 g/mol. The van der Waals surface area contributed by atoms with Gasteiger partial charge in [-0.25, -0.2) is 0 Å². The van der Waals surface area contributed by atoms with Crippen LogP contribution in [-0.2, 0) is 20.8 Å². The summed E-state index contributed by atoms with van der Waals surface area (Å²) >= 11 is 0. The average Bonchev–Trinajstić information content (AvgIpc) is 3.28. The van der Waals surface area contributed by atoms with Crippen molar-refractivity contribution in [1.82, 2.24) is 0 Å². The molecule has 3 atom stereocenters. The van der Waals surface area contributed by atoms with Crippen molar-refractivity contribution in [3.05, 3.63) is 29.8 Å². The van der Waals surface area contributed by atoms with E-state index in [1.807, 2.05) is 24.3 Å². The molecule has 0 N–H and O–H groups in total. The smallest absolute Gasteiger partial charge is 0.118 e. The summed E-state index contributed by atoms with van der Waals surface area (Å²) in [5, 5.41) is 0. The van der Waals surface area contributed by atoms with Crippen LogP contribution < -0.4 is 4.74 Å². The Morgan fingerprint density at radius 3 is 2.30 bits per heavy atom. The van der Waals surface area contributed by atoms with Gasteiger partial charge >= 0.3 is 0 Å². The summed E-state index contributed by atoms with van der Waals surface area (Å²) in [4.78, 5) is 0. The van der Waals surface area contributed by atoms with Crippen molar-refractivity contribution in [3.8, 4) is 5.75 Å². The van der Waals surface area contributed by atoms with Crippen molar-refractivity contribution in [2.24, 2.45) is 5.92 Å². The van der Waals surface area contributed by atoms with E-state index >= 15 is 0 Å². The van der Waals surface area contributed by atoms with Crippen LogP contribution in [0.25, 0.3) is 0 Å². The normalized spacial score (nSPS) is 20.8. The topological polar surface area (TPSA) is 40.2 Å². The Balaban J connectivity index is 1.93. The predicted molar refractivity (Wildman–Crippen MR) is 76.9 cm³/mol. The number of ether oxygens (including phenoxy) is 4. The van der Waals surface area contributed by atoms with Gasteiger partial charge in [0.1, 0.15) is 18.0 Å². The molecule has 20 heavy (non-hydrogen) atoms. The van der Waals surface area contributed by atoms with E-state index in [9.17, 15) is 0 Å². The highest BCUT2D eigenvalue weighted by molar-refractivity contribution is 5.26. The van der Waals surface area contributed by atoms with Crippen molar-refractivity contribution in [2.75, 3.05) is 20.8 Å². The third-order valence-corrected chi connectivity index (χ3v) is 3.58. The molecule has 4 nitrogen and oxygen atoms in total. The second-order valence-corrected chi connectivity index (χ2v) is 5.44. The lowest BCUT2D eigenvalue weighted by atomic mass is 10.0. The van der Waals surface area contributed by atoms with Gasteiger partial charge in [-0.2, -0.15) is 0 Å². The van der Waals surface area contributed by atoms with Gasteiger partial charge in [-0.15, -0.1) is 0 Å². The summed E-state index contributed by atoms with van der Waals surface area (Å²) in [6.07, 6.45) is 0.228.